The molecule has 0 atom stereocenters. The maximum atomic E-state index is 11.7. The SMILES string of the molecule is CCNC(=O)c1ccc(NCc2ccc[nH]2)c(C)c1. The van der Waals surface area contributed by atoms with Gasteiger partial charge in [0.25, 0.3) is 5.91 Å². The first-order valence-corrected chi connectivity index (χ1v) is 6.45. The highest BCUT2D eigenvalue weighted by Gasteiger charge is 2.06. The fourth-order valence-corrected chi connectivity index (χ4v) is 1.93. The van der Waals surface area contributed by atoms with E-state index in [-0.39, 0.29) is 5.91 Å². The fourth-order valence-electron chi connectivity index (χ4n) is 1.93. The molecule has 1 aromatic carbocycles. The van der Waals surface area contributed by atoms with Gasteiger partial charge in [0.1, 0.15) is 0 Å². The molecule has 19 heavy (non-hydrogen) atoms. The van der Waals surface area contributed by atoms with Crippen molar-refractivity contribution in [2.45, 2.75) is 20.4 Å². The third-order valence-electron chi connectivity index (χ3n) is 2.96. The lowest BCUT2D eigenvalue weighted by atomic mass is 10.1. The van der Waals surface area contributed by atoms with Crippen LogP contribution in [-0.4, -0.2) is 17.4 Å². The predicted octanol–water partition coefficient (Wildman–Crippen LogP) is 2.68. The van der Waals surface area contributed by atoms with Crippen molar-refractivity contribution in [2.24, 2.45) is 0 Å². The van der Waals surface area contributed by atoms with Crippen molar-refractivity contribution in [3.63, 3.8) is 0 Å². The molecule has 0 saturated carbocycles. The van der Waals surface area contributed by atoms with Crippen molar-refractivity contribution >= 4 is 11.6 Å². The average Bonchev–Trinajstić information content (AvgIpc) is 2.90. The summed E-state index contributed by atoms with van der Waals surface area (Å²) in [6.07, 6.45) is 1.90. The molecule has 0 radical (unpaired) electrons. The van der Waals surface area contributed by atoms with Gasteiger partial charge in [0.15, 0.2) is 0 Å². The van der Waals surface area contributed by atoms with Crippen LogP contribution in [0.25, 0.3) is 0 Å². The van der Waals surface area contributed by atoms with Crippen molar-refractivity contribution in [2.75, 3.05) is 11.9 Å². The zero-order valence-corrected chi connectivity index (χ0v) is 11.3. The molecule has 100 valence electrons. The van der Waals surface area contributed by atoms with Gasteiger partial charge in [-0.1, -0.05) is 0 Å². The number of hydrogen-bond donors (Lipinski definition) is 3. The van der Waals surface area contributed by atoms with Gasteiger partial charge in [0.2, 0.25) is 0 Å². The average molecular weight is 257 g/mol. The molecule has 0 aliphatic heterocycles. The third-order valence-corrected chi connectivity index (χ3v) is 2.96. The van der Waals surface area contributed by atoms with E-state index in [1.807, 2.05) is 50.4 Å². The summed E-state index contributed by atoms with van der Waals surface area (Å²) >= 11 is 0. The van der Waals surface area contributed by atoms with E-state index in [1.165, 1.54) is 0 Å². The molecule has 0 fully saturated rings. The zero-order chi connectivity index (χ0) is 13.7. The van der Waals surface area contributed by atoms with Gasteiger partial charge in [-0.3, -0.25) is 4.79 Å². The Bertz CT molecular complexity index is 547. The Hall–Kier alpha value is -2.23. The number of aromatic nitrogens is 1. The van der Waals surface area contributed by atoms with Crippen LogP contribution in [-0.2, 0) is 6.54 Å². The van der Waals surface area contributed by atoms with E-state index in [9.17, 15) is 4.79 Å². The van der Waals surface area contributed by atoms with Crippen LogP contribution in [0.15, 0.2) is 36.5 Å². The van der Waals surface area contributed by atoms with Crippen LogP contribution in [0.4, 0.5) is 5.69 Å². The largest absolute Gasteiger partial charge is 0.379 e. The Kier molecular flexibility index (Phi) is 4.23. The number of anilines is 1. The Labute approximate surface area is 113 Å². The molecular weight excluding hydrogens is 238 g/mol. The number of nitrogens with one attached hydrogen (secondary N) is 3. The standard InChI is InChI=1S/C15H19N3O/c1-3-16-15(19)12-6-7-14(11(2)9-12)18-10-13-5-4-8-17-13/h4-9,17-18H,3,10H2,1-2H3,(H,16,19). The third kappa shape index (κ3) is 3.37. The van der Waals surface area contributed by atoms with E-state index in [2.05, 4.69) is 15.6 Å². The second kappa shape index (κ2) is 6.09. The number of H-pyrrole nitrogens is 1. The summed E-state index contributed by atoms with van der Waals surface area (Å²) < 4.78 is 0. The van der Waals surface area contributed by atoms with Crippen LogP contribution >= 0.6 is 0 Å². The van der Waals surface area contributed by atoms with Gasteiger partial charge in [-0.25, -0.2) is 0 Å². The molecule has 4 heteroatoms. The molecule has 1 aromatic heterocycles. The molecule has 0 spiro atoms. The number of benzene rings is 1. The number of carbonyl (C=O) groups is 1. The van der Waals surface area contributed by atoms with Crippen LogP contribution in [0.2, 0.25) is 0 Å². The normalized spacial score (nSPS) is 10.2. The number of aryl methyl sites for hydroxylation is 1. The quantitative estimate of drug-likeness (QED) is 0.771. The first-order chi connectivity index (χ1) is 9.20. The second-order valence-corrected chi connectivity index (χ2v) is 4.44. The lowest BCUT2D eigenvalue weighted by molar-refractivity contribution is 0.0956. The van der Waals surface area contributed by atoms with Gasteiger partial charge >= 0.3 is 0 Å². The lowest BCUT2D eigenvalue weighted by Gasteiger charge is -2.10. The minimum absolute atomic E-state index is 0.0264. The number of aromatic amines is 1. The van der Waals surface area contributed by atoms with Crippen LogP contribution in [0.1, 0.15) is 28.5 Å². The topological polar surface area (TPSA) is 56.9 Å². The van der Waals surface area contributed by atoms with Crippen molar-refractivity contribution in [1.29, 1.82) is 0 Å². The fraction of sp³-hybridized carbons (Fsp3) is 0.267. The van der Waals surface area contributed by atoms with Crippen LogP contribution < -0.4 is 10.6 Å². The van der Waals surface area contributed by atoms with Crippen LogP contribution in [0, 0.1) is 6.92 Å². The van der Waals surface area contributed by atoms with Gasteiger partial charge in [-0.05, 0) is 49.7 Å². The van der Waals surface area contributed by atoms with Gasteiger partial charge in [-0.15, -0.1) is 0 Å². The van der Waals surface area contributed by atoms with Crippen molar-refractivity contribution in [1.82, 2.24) is 10.3 Å². The Balaban J connectivity index is 2.04. The van der Waals surface area contributed by atoms with E-state index >= 15 is 0 Å². The lowest BCUT2D eigenvalue weighted by Crippen LogP contribution is -2.22. The van der Waals surface area contributed by atoms with Gasteiger partial charge in [-0.2, -0.15) is 0 Å². The van der Waals surface area contributed by atoms with Crippen LogP contribution in [0.3, 0.4) is 0 Å². The Morgan fingerprint density at radius 1 is 1.32 bits per heavy atom. The van der Waals surface area contributed by atoms with Gasteiger partial charge < -0.3 is 15.6 Å². The zero-order valence-electron chi connectivity index (χ0n) is 11.3. The van der Waals surface area contributed by atoms with Crippen molar-refractivity contribution < 1.29 is 4.79 Å². The number of carbonyl (C=O) groups excluding carboxylic acids is 1. The first kappa shape index (κ1) is 13.2. The number of amides is 1. The summed E-state index contributed by atoms with van der Waals surface area (Å²) in [6.45, 7) is 5.30. The van der Waals surface area contributed by atoms with Crippen molar-refractivity contribution in [3.05, 3.63) is 53.3 Å². The summed E-state index contributed by atoms with van der Waals surface area (Å²) in [5, 5.41) is 6.15. The van der Waals surface area contributed by atoms with Gasteiger partial charge in [0, 0.05) is 29.7 Å². The summed E-state index contributed by atoms with van der Waals surface area (Å²) in [5.74, 6) is -0.0264. The van der Waals surface area contributed by atoms with E-state index in [1.54, 1.807) is 0 Å². The highest BCUT2D eigenvalue weighted by molar-refractivity contribution is 5.94. The summed E-state index contributed by atoms with van der Waals surface area (Å²) in [6, 6.07) is 9.70. The molecule has 1 heterocycles. The molecule has 2 aromatic rings. The minimum atomic E-state index is -0.0264. The molecule has 0 aliphatic carbocycles. The molecular formula is C15H19N3O. The molecule has 0 aliphatic rings. The molecule has 0 saturated heterocycles. The van der Waals surface area contributed by atoms with Crippen LogP contribution in [0.5, 0.6) is 0 Å². The Morgan fingerprint density at radius 2 is 2.16 bits per heavy atom. The molecule has 2 rings (SSSR count). The number of rotatable bonds is 5. The maximum Gasteiger partial charge on any atom is 0.251 e. The van der Waals surface area contributed by atoms with E-state index in [4.69, 9.17) is 0 Å². The van der Waals surface area contributed by atoms with Gasteiger partial charge in [0.05, 0.1) is 6.54 Å². The molecule has 1 amide bonds. The monoisotopic (exact) mass is 257 g/mol. The summed E-state index contributed by atoms with van der Waals surface area (Å²) in [7, 11) is 0. The molecule has 0 unspecified atom stereocenters. The first-order valence-electron chi connectivity index (χ1n) is 6.45. The molecule has 3 N–H and O–H groups in total. The van der Waals surface area contributed by atoms with E-state index in [0.29, 0.717) is 12.1 Å². The maximum absolute atomic E-state index is 11.7. The molecule has 0 bridgehead atoms. The summed E-state index contributed by atoms with van der Waals surface area (Å²) in [4.78, 5) is 14.9. The smallest absolute Gasteiger partial charge is 0.251 e. The number of hydrogen-bond acceptors (Lipinski definition) is 2. The molecule has 4 nitrogen and oxygen atoms in total. The predicted molar refractivity (Wildman–Crippen MR) is 77.3 cm³/mol. The Morgan fingerprint density at radius 3 is 2.79 bits per heavy atom. The highest BCUT2D eigenvalue weighted by Crippen LogP contribution is 2.17. The minimum Gasteiger partial charge on any atom is -0.379 e. The highest BCUT2D eigenvalue weighted by atomic mass is 16.1. The van der Waals surface area contributed by atoms with E-state index < -0.39 is 0 Å². The van der Waals surface area contributed by atoms with E-state index in [0.717, 1.165) is 23.5 Å². The summed E-state index contributed by atoms with van der Waals surface area (Å²) in [5.41, 5.74) is 3.94. The second-order valence-electron chi connectivity index (χ2n) is 4.44. The van der Waals surface area contributed by atoms with Crippen molar-refractivity contribution in [3.8, 4) is 0 Å².